The molecule has 3 saturated carbocycles. The van der Waals surface area contributed by atoms with Gasteiger partial charge >= 0.3 is 0 Å². The lowest BCUT2D eigenvalue weighted by Gasteiger charge is -2.28. The average molecular weight is 647 g/mol. The minimum Gasteiger partial charge on any atom is -0.497 e. The molecule has 0 radical (unpaired) electrons. The molecule has 246 valence electrons. The lowest BCUT2D eigenvalue weighted by atomic mass is 9.81. The van der Waals surface area contributed by atoms with Gasteiger partial charge in [0.25, 0.3) is 5.91 Å². The van der Waals surface area contributed by atoms with Crippen LogP contribution in [0, 0.1) is 5.41 Å². The number of amides is 2. The van der Waals surface area contributed by atoms with Gasteiger partial charge in [0.15, 0.2) is 0 Å². The van der Waals surface area contributed by atoms with Crippen LogP contribution in [0.2, 0.25) is 0 Å². The first-order chi connectivity index (χ1) is 22.2. The number of rotatable bonds is 9. The number of carbonyl (C=O) groups excluding carboxylic acids is 2. The number of likely N-dealkylation sites (N-methyl/N-ethyl adjacent to an activating group) is 1. The highest BCUT2D eigenvalue weighted by atomic mass is 32.2. The normalized spacial score (nSPS) is 20.8. The summed E-state index contributed by atoms with van der Waals surface area (Å²) >= 11 is 0. The number of ether oxygens (including phenoxy) is 1. The van der Waals surface area contributed by atoms with Crippen molar-refractivity contribution in [2.24, 2.45) is 5.41 Å². The minimum absolute atomic E-state index is 0.231. The maximum Gasteiger partial charge on any atom is 0.264 e. The maximum atomic E-state index is 14.3. The number of fused-ring (bicyclic) bond motifs is 1. The number of methoxy groups -OCH3 is 1. The van der Waals surface area contributed by atoms with Crippen LogP contribution in [-0.4, -0.2) is 80.2 Å². The minimum atomic E-state index is -3.69. The summed E-state index contributed by atoms with van der Waals surface area (Å²) in [6, 6.07) is 13.8. The van der Waals surface area contributed by atoms with E-state index in [1.54, 1.807) is 13.2 Å². The fourth-order valence-electron chi connectivity index (χ4n) is 7.67. The zero-order chi connectivity index (χ0) is 32.1. The number of sulfonamides is 1. The first kappa shape index (κ1) is 31.2. The molecule has 2 heterocycles. The summed E-state index contributed by atoms with van der Waals surface area (Å²) in [6.45, 7) is 3.90. The number of hydrogen-bond donors (Lipinski definition) is 1. The van der Waals surface area contributed by atoms with Crippen molar-refractivity contribution < 1.29 is 22.7 Å². The molecule has 46 heavy (non-hydrogen) atoms. The summed E-state index contributed by atoms with van der Waals surface area (Å²) in [7, 11) is 0.0918. The zero-order valence-electron chi connectivity index (χ0n) is 27.1. The summed E-state index contributed by atoms with van der Waals surface area (Å²) in [5.41, 5.74) is 4.14. The molecule has 3 aromatic rings. The van der Waals surface area contributed by atoms with E-state index in [0.29, 0.717) is 30.9 Å². The highest BCUT2D eigenvalue weighted by Gasteiger charge is 2.52. The molecule has 1 aliphatic heterocycles. The van der Waals surface area contributed by atoms with Gasteiger partial charge in [0.2, 0.25) is 15.9 Å². The molecule has 9 nitrogen and oxygen atoms in total. The molecule has 0 atom stereocenters. The number of benzene rings is 2. The fourth-order valence-corrected chi connectivity index (χ4v) is 8.97. The molecule has 2 aromatic carbocycles. The second-order valence-electron chi connectivity index (χ2n) is 14.0. The third kappa shape index (κ3) is 6.06. The van der Waals surface area contributed by atoms with Gasteiger partial charge in [-0.05, 0) is 112 Å². The Morgan fingerprint density at radius 3 is 2.33 bits per heavy atom. The van der Waals surface area contributed by atoms with Crippen LogP contribution in [0.4, 0.5) is 0 Å². The van der Waals surface area contributed by atoms with Crippen LogP contribution in [0.3, 0.4) is 0 Å². The summed E-state index contributed by atoms with van der Waals surface area (Å²) in [4.78, 5) is 32.0. The molecule has 1 N–H and O–H groups in total. The Bertz CT molecular complexity index is 1730. The molecule has 10 heteroatoms. The smallest absolute Gasteiger partial charge is 0.264 e. The molecular weight excluding hydrogens is 600 g/mol. The number of nitrogens with one attached hydrogen (secondary N) is 1. The summed E-state index contributed by atoms with van der Waals surface area (Å²) in [5, 5.41) is 0.599. The van der Waals surface area contributed by atoms with E-state index < -0.39 is 26.6 Å². The van der Waals surface area contributed by atoms with Gasteiger partial charge in [-0.3, -0.25) is 9.59 Å². The van der Waals surface area contributed by atoms with Gasteiger partial charge in [0, 0.05) is 42.6 Å². The van der Waals surface area contributed by atoms with Crippen molar-refractivity contribution in [2.75, 3.05) is 40.3 Å². The predicted octanol–water partition coefficient (Wildman–Crippen LogP) is 5.53. The second kappa shape index (κ2) is 12.3. The number of hydrogen-bond acceptors (Lipinski definition) is 6. The van der Waals surface area contributed by atoms with Crippen LogP contribution in [-0.2, 0) is 21.4 Å². The summed E-state index contributed by atoms with van der Waals surface area (Å²) in [6.07, 6.45) is 9.57. The van der Waals surface area contributed by atoms with E-state index in [9.17, 15) is 18.0 Å². The van der Waals surface area contributed by atoms with E-state index in [1.807, 2.05) is 24.3 Å². The van der Waals surface area contributed by atoms with Crippen LogP contribution >= 0.6 is 0 Å². The van der Waals surface area contributed by atoms with Crippen LogP contribution in [0.5, 0.6) is 5.75 Å². The standard InChI is InChI=1S/C36H46N4O5S/c1-38-19-6-20-39(22-21-38)35(42)36(17-18-36)24-40-31-23-27(34(41)37-46(43,44)29-14-15-29)11-16-30(31)32(25-7-4-3-5-8-25)33(40)26-9-12-28(45-2)13-10-26/h9-13,16,23,25,29H,3-8,14-15,17-22,24H2,1-2H3,(H,37,41). The molecule has 4 aliphatic rings. The second-order valence-corrected chi connectivity index (χ2v) is 16.0. The average Bonchev–Trinajstić information content (AvgIpc) is 3.99. The molecule has 1 aromatic heterocycles. The van der Waals surface area contributed by atoms with Gasteiger partial charge in [-0.25, -0.2) is 13.1 Å². The number of carbonyl (C=O) groups is 2. The van der Waals surface area contributed by atoms with Gasteiger partial charge < -0.3 is 19.1 Å². The highest BCUT2D eigenvalue weighted by Crippen LogP contribution is 2.52. The van der Waals surface area contributed by atoms with E-state index >= 15 is 0 Å². The quantitative estimate of drug-likeness (QED) is 0.328. The first-order valence-electron chi connectivity index (χ1n) is 17.0. The Morgan fingerprint density at radius 1 is 0.913 bits per heavy atom. The largest absolute Gasteiger partial charge is 0.497 e. The molecule has 7 rings (SSSR count). The molecule has 0 bridgehead atoms. The topological polar surface area (TPSA) is 101 Å². The molecule has 0 spiro atoms. The summed E-state index contributed by atoms with van der Waals surface area (Å²) < 4.78 is 35.5. The fraction of sp³-hybridized carbons (Fsp3) is 0.556. The maximum absolute atomic E-state index is 14.3. The number of nitrogens with zero attached hydrogens (tertiary/aromatic N) is 3. The van der Waals surface area contributed by atoms with Crippen molar-refractivity contribution >= 4 is 32.7 Å². The lowest BCUT2D eigenvalue weighted by Crippen LogP contribution is -2.41. The highest BCUT2D eigenvalue weighted by molar-refractivity contribution is 7.91. The first-order valence-corrected chi connectivity index (χ1v) is 18.6. The van der Waals surface area contributed by atoms with E-state index in [1.165, 1.54) is 24.8 Å². The van der Waals surface area contributed by atoms with Gasteiger partial charge in [-0.2, -0.15) is 0 Å². The van der Waals surface area contributed by atoms with Gasteiger partial charge in [-0.1, -0.05) is 25.3 Å². The Kier molecular flexibility index (Phi) is 8.38. The van der Waals surface area contributed by atoms with E-state index in [4.69, 9.17) is 4.74 Å². The predicted molar refractivity (Wildman–Crippen MR) is 180 cm³/mol. The van der Waals surface area contributed by atoms with Crippen LogP contribution < -0.4 is 9.46 Å². The van der Waals surface area contributed by atoms with Gasteiger partial charge in [0.1, 0.15) is 5.75 Å². The van der Waals surface area contributed by atoms with Gasteiger partial charge in [0.05, 0.1) is 23.5 Å². The SMILES string of the molecule is COc1ccc(-c2c(C3CCCCC3)c3ccc(C(=O)NS(=O)(=O)C4CC4)cc3n2CC2(C(=O)N3CCCN(C)CC3)CC2)cc1. The third-order valence-corrected chi connectivity index (χ3v) is 12.5. The van der Waals surface area contributed by atoms with Crippen molar-refractivity contribution in [1.29, 1.82) is 0 Å². The molecule has 4 fully saturated rings. The number of aromatic nitrogens is 1. The Morgan fingerprint density at radius 2 is 1.65 bits per heavy atom. The third-order valence-electron chi connectivity index (χ3n) is 10.7. The van der Waals surface area contributed by atoms with Crippen LogP contribution in [0.15, 0.2) is 42.5 Å². The Balaban J connectivity index is 1.36. The van der Waals surface area contributed by atoms with Crippen LogP contribution in [0.1, 0.15) is 86.0 Å². The molecular formula is C36H46N4O5S. The molecule has 0 unspecified atom stereocenters. The Labute approximate surface area is 272 Å². The zero-order valence-corrected chi connectivity index (χ0v) is 27.9. The van der Waals surface area contributed by atoms with E-state index in [-0.39, 0.29) is 5.91 Å². The molecule has 3 aliphatic carbocycles. The lowest BCUT2D eigenvalue weighted by molar-refractivity contribution is -0.137. The van der Waals surface area contributed by atoms with E-state index in [0.717, 1.165) is 86.2 Å². The van der Waals surface area contributed by atoms with E-state index in [2.05, 4.69) is 38.3 Å². The van der Waals surface area contributed by atoms with Crippen molar-refractivity contribution in [1.82, 2.24) is 19.1 Å². The van der Waals surface area contributed by atoms with Crippen molar-refractivity contribution in [2.45, 2.75) is 81.9 Å². The van der Waals surface area contributed by atoms with Crippen LogP contribution in [0.25, 0.3) is 22.2 Å². The molecule has 1 saturated heterocycles. The monoisotopic (exact) mass is 646 g/mol. The van der Waals surface area contributed by atoms with Crippen molar-refractivity contribution in [3.05, 3.63) is 53.6 Å². The van der Waals surface area contributed by atoms with Crippen molar-refractivity contribution in [3.8, 4) is 17.0 Å². The van der Waals surface area contributed by atoms with Gasteiger partial charge in [-0.15, -0.1) is 0 Å². The Hall–Kier alpha value is -3.37. The van der Waals surface area contributed by atoms with Crippen molar-refractivity contribution in [3.63, 3.8) is 0 Å². The molecule has 2 amide bonds. The summed E-state index contributed by atoms with van der Waals surface area (Å²) in [5.74, 6) is 0.768.